The average Bonchev–Trinajstić information content (AvgIpc) is 3.27. The van der Waals surface area contributed by atoms with Gasteiger partial charge in [-0.25, -0.2) is 8.42 Å². The lowest BCUT2D eigenvalue weighted by Gasteiger charge is -2.08. The number of anilines is 2. The summed E-state index contributed by atoms with van der Waals surface area (Å²) in [6.45, 7) is 1.92. The average molecular weight is 465 g/mol. The maximum Gasteiger partial charge on any atom is 0.263 e. The van der Waals surface area contributed by atoms with E-state index < -0.39 is 10.0 Å². The Bertz CT molecular complexity index is 1320. The van der Waals surface area contributed by atoms with E-state index in [-0.39, 0.29) is 15.9 Å². The number of hydrogen-bond donors (Lipinski definition) is 2. The molecule has 0 radical (unpaired) electrons. The summed E-state index contributed by atoms with van der Waals surface area (Å²) in [5.74, 6) is -0.278. The van der Waals surface area contributed by atoms with Crippen molar-refractivity contribution in [3.8, 4) is 11.1 Å². The van der Waals surface area contributed by atoms with Crippen LogP contribution >= 0.6 is 11.3 Å². The molecule has 0 atom stereocenters. The van der Waals surface area contributed by atoms with Gasteiger partial charge >= 0.3 is 0 Å². The number of nitrogens with zero attached hydrogens (tertiary/aromatic N) is 2. The van der Waals surface area contributed by atoms with Crippen LogP contribution in [0.15, 0.2) is 83.8 Å². The van der Waals surface area contributed by atoms with Crippen LogP contribution in [0.4, 0.5) is 10.8 Å². The lowest BCUT2D eigenvalue weighted by Crippen LogP contribution is -2.14. The zero-order valence-electron chi connectivity index (χ0n) is 17.1. The summed E-state index contributed by atoms with van der Waals surface area (Å²) in [7, 11) is -3.79. The second-order valence-electron chi connectivity index (χ2n) is 6.88. The molecule has 162 valence electrons. The number of rotatable bonds is 7. The summed E-state index contributed by atoms with van der Waals surface area (Å²) in [4.78, 5) is 12.6. The molecule has 0 aliphatic carbocycles. The minimum absolute atomic E-state index is 0.0657. The molecular formula is C23H20N4O3S2. The van der Waals surface area contributed by atoms with Gasteiger partial charge in [-0.1, -0.05) is 60.7 Å². The van der Waals surface area contributed by atoms with Crippen LogP contribution in [0.5, 0.6) is 0 Å². The first-order chi connectivity index (χ1) is 15.4. The molecule has 3 aromatic carbocycles. The van der Waals surface area contributed by atoms with Crippen molar-refractivity contribution in [1.82, 2.24) is 10.2 Å². The standard InChI is InChI=1S/C23H20N4O3S2/c1-2-21-25-26-23(31-21)27-32(29,30)20-14-12-19(13-15-20)24-22(28)18-10-8-17(9-11-18)16-6-4-3-5-7-16/h3-15H,2H2,1H3,(H,24,28)(H,26,27). The van der Waals surface area contributed by atoms with Crippen LogP contribution in [0.2, 0.25) is 0 Å². The minimum atomic E-state index is -3.79. The van der Waals surface area contributed by atoms with Crippen LogP contribution in [-0.2, 0) is 16.4 Å². The molecule has 4 aromatic rings. The van der Waals surface area contributed by atoms with Crippen LogP contribution in [0.25, 0.3) is 11.1 Å². The minimum Gasteiger partial charge on any atom is -0.322 e. The fraction of sp³-hybridized carbons (Fsp3) is 0.0870. The molecule has 0 fully saturated rings. The van der Waals surface area contributed by atoms with E-state index in [1.807, 2.05) is 49.4 Å². The second kappa shape index (κ2) is 9.29. The molecule has 0 bridgehead atoms. The Morgan fingerprint density at radius 3 is 2.16 bits per heavy atom. The van der Waals surface area contributed by atoms with E-state index in [0.29, 0.717) is 17.7 Å². The summed E-state index contributed by atoms with van der Waals surface area (Å²) in [5.41, 5.74) is 3.09. The van der Waals surface area contributed by atoms with E-state index in [1.54, 1.807) is 24.3 Å². The van der Waals surface area contributed by atoms with Crippen molar-refractivity contribution >= 4 is 38.1 Å². The Labute approximate surface area is 190 Å². The molecule has 0 spiro atoms. The van der Waals surface area contributed by atoms with Crippen molar-refractivity contribution in [3.63, 3.8) is 0 Å². The smallest absolute Gasteiger partial charge is 0.263 e. The number of carbonyl (C=O) groups excluding carboxylic acids is 1. The summed E-state index contributed by atoms with van der Waals surface area (Å²) in [6.07, 6.45) is 0.683. The number of nitrogens with one attached hydrogen (secondary N) is 2. The maximum absolute atomic E-state index is 12.6. The third kappa shape index (κ3) is 5.01. The Morgan fingerprint density at radius 2 is 1.53 bits per heavy atom. The van der Waals surface area contributed by atoms with Crippen LogP contribution in [0.1, 0.15) is 22.3 Å². The van der Waals surface area contributed by atoms with Gasteiger partial charge in [0.05, 0.1) is 4.90 Å². The first-order valence-electron chi connectivity index (χ1n) is 9.87. The van der Waals surface area contributed by atoms with Crippen molar-refractivity contribution in [2.75, 3.05) is 10.0 Å². The van der Waals surface area contributed by atoms with Gasteiger partial charge in [0.25, 0.3) is 15.9 Å². The molecule has 0 unspecified atom stereocenters. The Kier molecular flexibility index (Phi) is 6.29. The van der Waals surface area contributed by atoms with E-state index in [1.165, 1.54) is 23.5 Å². The van der Waals surface area contributed by atoms with E-state index in [2.05, 4.69) is 20.2 Å². The number of benzene rings is 3. The first-order valence-corrected chi connectivity index (χ1v) is 12.2. The predicted molar refractivity (Wildman–Crippen MR) is 126 cm³/mol. The molecule has 9 heteroatoms. The van der Waals surface area contributed by atoms with E-state index in [9.17, 15) is 13.2 Å². The number of aromatic nitrogens is 2. The molecule has 0 aliphatic rings. The fourth-order valence-corrected chi connectivity index (χ4v) is 4.89. The number of hydrogen-bond acceptors (Lipinski definition) is 6. The van der Waals surface area contributed by atoms with E-state index in [4.69, 9.17) is 0 Å². The van der Waals surface area contributed by atoms with Crippen LogP contribution in [0.3, 0.4) is 0 Å². The highest BCUT2D eigenvalue weighted by Gasteiger charge is 2.17. The summed E-state index contributed by atoms with van der Waals surface area (Å²) in [6, 6.07) is 23.1. The number of sulfonamides is 1. The normalized spacial score (nSPS) is 11.2. The largest absolute Gasteiger partial charge is 0.322 e. The number of carbonyl (C=O) groups is 1. The summed E-state index contributed by atoms with van der Waals surface area (Å²) in [5, 5.41) is 11.5. The molecule has 0 saturated carbocycles. The van der Waals surface area contributed by atoms with Crippen LogP contribution in [0, 0.1) is 0 Å². The Balaban J connectivity index is 1.42. The topological polar surface area (TPSA) is 101 Å². The molecule has 1 aromatic heterocycles. The van der Waals surface area contributed by atoms with Crippen molar-refractivity contribution in [3.05, 3.63) is 89.4 Å². The molecule has 1 heterocycles. The number of aryl methyl sites for hydroxylation is 1. The molecule has 2 N–H and O–H groups in total. The Hall–Kier alpha value is -3.56. The molecule has 7 nitrogen and oxygen atoms in total. The lowest BCUT2D eigenvalue weighted by molar-refractivity contribution is 0.102. The van der Waals surface area contributed by atoms with Gasteiger partial charge in [-0.3, -0.25) is 9.52 Å². The van der Waals surface area contributed by atoms with Gasteiger partial charge in [0.2, 0.25) is 5.13 Å². The summed E-state index contributed by atoms with van der Waals surface area (Å²) >= 11 is 1.19. The number of amides is 1. The monoisotopic (exact) mass is 464 g/mol. The fourth-order valence-electron chi connectivity index (χ4n) is 2.98. The van der Waals surface area contributed by atoms with Gasteiger partial charge in [-0.2, -0.15) is 0 Å². The third-order valence-corrected chi connectivity index (χ3v) is 7.13. The summed E-state index contributed by atoms with van der Waals surface area (Å²) < 4.78 is 27.5. The molecule has 0 saturated heterocycles. The van der Waals surface area contributed by atoms with Gasteiger partial charge in [0.15, 0.2) is 0 Å². The van der Waals surface area contributed by atoms with Crippen molar-refractivity contribution < 1.29 is 13.2 Å². The van der Waals surface area contributed by atoms with Gasteiger partial charge in [0.1, 0.15) is 5.01 Å². The highest BCUT2D eigenvalue weighted by atomic mass is 32.2. The molecular weight excluding hydrogens is 444 g/mol. The highest BCUT2D eigenvalue weighted by molar-refractivity contribution is 7.93. The van der Waals surface area contributed by atoms with Crippen LogP contribution < -0.4 is 10.0 Å². The van der Waals surface area contributed by atoms with Crippen molar-refractivity contribution in [2.45, 2.75) is 18.2 Å². The quantitative estimate of drug-likeness (QED) is 0.408. The maximum atomic E-state index is 12.6. The predicted octanol–water partition coefficient (Wildman–Crippen LogP) is 4.82. The van der Waals surface area contributed by atoms with Gasteiger partial charge in [-0.15, -0.1) is 10.2 Å². The Morgan fingerprint density at radius 1 is 0.875 bits per heavy atom. The van der Waals surface area contributed by atoms with E-state index in [0.717, 1.165) is 16.1 Å². The van der Waals surface area contributed by atoms with Crippen molar-refractivity contribution in [2.24, 2.45) is 0 Å². The molecule has 32 heavy (non-hydrogen) atoms. The van der Waals surface area contributed by atoms with Gasteiger partial charge < -0.3 is 5.32 Å². The molecule has 0 aliphatic heterocycles. The molecule has 1 amide bonds. The second-order valence-corrected chi connectivity index (χ2v) is 9.63. The van der Waals surface area contributed by atoms with Gasteiger partial charge in [-0.05, 0) is 53.9 Å². The SMILES string of the molecule is CCc1nnc(NS(=O)(=O)c2ccc(NC(=O)c3ccc(-c4ccccc4)cc3)cc2)s1. The zero-order valence-corrected chi connectivity index (χ0v) is 18.8. The molecule has 4 rings (SSSR count). The van der Waals surface area contributed by atoms with Crippen LogP contribution in [-0.4, -0.2) is 24.5 Å². The van der Waals surface area contributed by atoms with Gasteiger partial charge in [0, 0.05) is 11.3 Å². The van der Waals surface area contributed by atoms with E-state index >= 15 is 0 Å². The lowest BCUT2D eigenvalue weighted by atomic mass is 10.0. The highest BCUT2D eigenvalue weighted by Crippen LogP contribution is 2.22. The first kappa shape index (κ1) is 21.7. The zero-order chi connectivity index (χ0) is 22.6. The van der Waals surface area contributed by atoms with Crippen molar-refractivity contribution in [1.29, 1.82) is 0 Å². The third-order valence-electron chi connectivity index (χ3n) is 4.67.